The Bertz CT molecular complexity index is 4640. The molecule has 16 nitrogen and oxygen atoms in total. The molecule has 0 aliphatic heterocycles. The second kappa shape index (κ2) is 33.7. The third kappa shape index (κ3) is 16.5. The van der Waals surface area contributed by atoms with E-state index >= 15 is 0 Å². The van der Waals surface area contributed by atoms with Crippen molar-refractivity contribution in [2.24, 2.45) is 46.3 Å². The van der Waals surface area contributed by atoms with Crippen molar-refractivity contribution in [3.63, 3.8) is 0 Å². The van der Waals surface area contributed by atoms with E-state index in [1.807, 2.05) is 52.0 Å². The Hall–Kier alpha value is -7.52. The highest BCUT2D eigenvalue weighted by atomic mass is 127. The second-order valence-corrected chi connectivity index (χ2v) is 36.6. The maximum Gasteiger partial charge on any atom is 0.431 e. The summed E-state index contributed by atoms with van der Waals surface area (Å²) in [7, 11) is -6.97. The van der Waals surface area contributed by atoms with Crippen molar-refractivity contribution in [3.8, 4) is 9.79 Å². The van der Waals surface area contributed by atoms with Gasteiger partial charge in [-0.2, -0.15) is 26.0 Å². The van der Waals surface area contributed by atoms with E-state index in [2.05, 4.69) is 123 Å². The summed E-state index contributed by atoms with van der Waals surface area (Å²) >= 11 is 0. The van der Waals surface area contributed by atoms with Crippen molar-refractivity contribution in [3.05, 3.63) is 156 Å². The summed E-state index contributed by atoms with van der Waals surface area (Å²) < 4.78 is 115. The number of hydrogen-bond donors (Lipinski definition) is 1. The fraction of sp³-hybridized carbons (Fsp3) is 0.488. The Kier molecular flexibility index (Phi) is 25.5. The maximum absolute atomic E-state index is 13.8. The minimum absolute atomic E-state index is 0. The normalized spacial score (nSPS) is 23.0. The smallest absolute Gasteiger partial charge is 0.431 e. The molecule has 6 aromatic carbocycles. The summed E-state index contributed by atoms with van der Waals surface area (Å²) in [5.74, 6) is -8.45. The second-order valence-electron chi connectivity index (χ2n) is 31.3. The summed E-state index contributed by atoms with van der Waals surface area (Å²) in [4.78, 5) is 104. The molecule has 6 aliphatic rings. The van der Waals surface area contributed by atoms with Crippen LogP contribution in [-0.2, 0) is 62.6 Å². The molecule has 0 spiro atoms. The highest BCUT2D eigenvalue weighted by Gasteiger charge is 2.67. The third-order valence-corrected chi connectivity index (χ3v) is 30.9. The van der Waals surface area contributed by atoms with Gasteiger partial charge in [0.05, 0.1) is 24.2 Å². The van der Waals surface area contributed by atoms with Crippen molar-refractivity contribution in [1.29, 1.82) is 0 Å². The van der Waals surface area contributed by atoms with Crippen LogP contribution in [0.25, 0.3) is 50.1 Å². The van der Waals surface area contributed by atoms with Gasteiger partial charge in [0, 0.05) is 109 Å². The van der Waals surface area contributed by atoms with Gasteiger partial charge in [-0.15, -0.1) is 24.0 Å². The van der Waals surface area contributed by atoms with Crippen molar-refractivity contribution in [2.75, 3.05) is 19.8 Å². The Balaban J connectivity index is 0.000000164. The number of hydrogen-bond acceptors (Lipinski definition) is 15. The zero-order valence-electron chi connectivity index (χ0n) is 63.1. The minimum Gasteiger partial charge on any atom is -0.465 e. The maximum atomic E-state index is 13.8. The minimum atomic E-state index is -6.37. The summed E-state index contributed by atoms with van der Waals surface area (Å²) in [6, 6.07) is 45.2. The number of rotatable bonds is 21. The van der Waals surface area contributed by atoms with Crippen LogP contribution in [0.3, 0.4) is 0 Å². The summed E-state index contributed by atoms with van der Waals surface area (Å²) in [6.45, 7) is 12.2. The molecule has 0 saturated heterocycles. The number of esters is 5. The molecule has 8 atom stereocenters. The first-order chi connectivity index (χ1) is 51.8. The van der Waals surface area contributed by atoms with E-state index in [4.69, 9.17) is 23.5 Å². The summed E-state index contributed by atoms with van der Waals surface area (Å²) in [6.07, 6.45) is 11.1. The summed E-state index contributed by atoms with van der Waals surface area (Å²) in [5, 5.41) is -0.754. The lowest BCUT2D eigenvalue weighted by Gasteiger charge is -2.58. The fourth-order valence-corrected chi connectivity index (χ4v) is 24.4. The Morgan fingerprint density at radius 2 is 1.02 bits per heavy atom. The van der Waals surface area contributed by atoms with Gasteiger partial charge in [0.25, 0.3) is 0 Å². The van der Waals surface area contributed by atoms with Crippen LogP contribution in [0.5, 0.6) is 0 Å². The number of aryl methyl sites for hydroxylation is 2. The van der Waals surface area contributed by atoms with Crippen LogP contribution in [-0.4, -0.2) is 102 Å². The highest BCUT2D eigenvalue weighted by molar-refractivity contribution is 14.0. The van der Waals surface area contributed by atoms with Gasteiger partial charge in [0.15, 0.2) is 41.8 Å². The number of fused-ring (bicyclic) bond motifs is 11. The predicted molar refractivity (Wildman–Crippen MR) is 428 cm³/mol. The molecule has 2 aromatic heterocycles. The quantitative estimate of drug-likeness (QED) is 0.0176. The van der Waals surface area contributed by atoms with Gasteiger partial charge in [0.2, 0.25) is 0 Å². The zero-order chi connectivity index (χ0) is 78.2. The Morgan fingerprint density at radius 1 is 0.582 bits per heavy atom. The molecule has 8 aromatic rings. The van der Waals surface area contributed by atoms with Crippen LogP contribution in [0.1, 0.15) is 195 Å². The third-order valence-electron chi connectivity index (χ3n) is 25.1. The molecule has 0 amide bonds. The number of carbonyl (C=O) groups is 8. The van der Waals surface area contributed by atoms with Crippen molar-refractivity contribution in [2.45, 2.75) is 199 Å². The molecule has 110 heavy (non-hydrogen) atoms. The molecule has 1 unspecified atom stereocenters. The monoisotopic (exact) mass is 1680 g/mol. The van der Waals surface area contributed by atoms with Crippen LogP contribution >= 0.6 is 44.9 Å². The lowest BCUT2D eigenvalue weighted by atomic mass is 9.44. The average molecular weight is 1690 g/mol. The van der Waals surface area contributed by atoms with Gasteiger partial charge < -0.3 is 23.7 Å². The first kappa shape index (κ1) is 83.4. The van der Waals surface area contributed by atoms with Gasteiger partial charge in [-0.1, -0.05) is 95.3 Å². The number of ketones is 3. The number of ether oxygens (including phenoxy) is 5. The van der Waals surface area contributed by atoms with Crippen LogP contribution in [0.4, 0.5) is 17.6 Å². The molecule has 1 N–H and O–H groups in total. The van der Waals surface area contributed by atoms with Crippen LogP contribution in [0, 0.1) is 60.2 Å². The number of alkyl halides is 4. The van der Waals surface area contributed by atoms with Crippen molar-refractivity contribution in [1.82, 2.24) is 0 Å². The number of carbonyl (C=O) groups excluding carboxylic acids is 8. The van der Waals surface area contributed by atoms with E-state index in [1.54, 1.807) is 12.1 Å². The van der Waals surface area contributed by atoms with Gasteiger partial charge in [-0.25, -0.2) is 19.2 Å². The van der Waals surface area contributed by atoms with Crippen molar-refractivity contribution < 1.29 is 92.6 Å². The molecular formula is C86H97F4IO16S3+2. The molecule has 6 fully saturated rings. The number of benzene rings is 6. The first-order valence-electron chi connectivity index (χ1n) is 38.1. The van der Waals surface area contributed by atoms with Crippen LogP contribution < -0.4 is 0 Å². The fourth-order valence-electron chi connectivity index (χ4n) is 18.8. The molecule has 24 heteroatoms. The average Bonchev–Trinajstić information content (AvgIpc) is 1.55. The van der Waals surface area contributed by atoms with E-state index in [-0.39, 0.29) is 147 Å². The molecule has 588 valence electrons. The SMILES string of the molecule is CCC1(OC(=O)COC(=O)c2ccc(C)c(-[s+]3c4ccccc4c4ccccc43)c2)CCCC1.CCC1(OC(=O)COC(=O)c2ccc(C)c(-[s+]3c4ccccc4c4ccccc43)c2)CCCC1.C[C@H](CCC(=O)OCCC(F)(F)C(F)(F)S(=O)(=O)O)[C@H]1CC[C@H]2[C@@H]3C(=O)CC4CC(=O)CC[C@]4(C)[C@H]3CC(=O)[C@]12C.I. The van der Waals surface area contributed by atoms with E-state index in [0.29, 0.717) is 49.7 Å². The lowest BCUT2D eigenvalue weighted by molar-refractivity contribution is -0.174. The Labute approximate surface area is 661 Å². The number of Topliss-reactive ketones (excluding diaryl/α,β-unsaturated/α-hetero) is 3. The van der Waals surface area contributed by atoms with Crippen LogP contribution in [0.2, 0.25) is 0 Å². The molecule has 0 bridgehead atoms. The number of thiophene rings is 2. The number of halogens is 5. The molecule has 2 heterocycles. The van der Waals surface area contributed by atoms with Crippen molar-refractivity contribution >= 4 is 143 Å². The topological polar surface area (TPSA) is 237 Å². The zero-order valence-corrected chi connectivity index (χ0v) is 67.9. The first-order valence-corrected chi connectivity index (χ1v) is 42.0. The molecular weight excluding hydrogens is 1590 g/mol. The molecule has 14 rings (SSSR count). The van der Waals surface area contributed by atoms with Gasteiger partial charge in [-0.05, 0) is 199 Å². The standard InChI is InChI=1S/2C29H29O4S.C28H38F4O8S.HI/c2*1-3-29(16-8-9-17-29)33-27(30)19-32-28(31)21-15-14-20(2)26(18-21)34-24-12-6-4-10-22(24)23-11-5-7-13-25(23)34;1-15(4-7-23(36)40-11-10-27(29,30)28(31,32)41(37,38)39)18-5-6-19-24-20(14-22(35)26(18,19)3)25(2)9-8-17(33)12-16(25)13-21(24)34;/h2*4-7,10-15,18H,3,8-9,16-17,19H2,1-2H3;15-16,18-20,24H,4-14H2,1-3H3,(H,37,38,39);1H/q2*+1;;/t;;15-,16?,18-,19+,20+,24+,25+,26-;/m..1./s1. The van der Waals surface area contributed by atoms with E-state index < -0.39 is 69.6 Å². The largest absolute Gasteiger partial charge is 0.465 e. The van der Waals surface area contributed by atoms with Gasteiger partial charge in [0.1, 0.15) is 28.6 Å². The Morgan fingerprint density at radius 3 is 1.45 bits per heavy atom. The van der Waals surface area contributed by atoms with E-state index in [9.17, 15) is 64.3 Å². The molecule has 0 radical (unpaired) electrons. The molecule has 6 aliphatic carbocycles. The lowest BCUT2D eigenvalue weighted by Crippen LogP contribution is -2.60. The highest BCUT2D eigenvalue weighted by Crippen LogP contribution is 2.67. The van der Waals surface area contributed by atoms with E-state index in [1.165, 1.54) is 40.3 Å². The van der Waals surface area contributed by atoms with Gasteiger partial charge >= 0.3 is 51.1 Å². The summed E-state index contributed by atoms with van der Waals surface area (Å²) in [5.41, 5.74) is 1.38. The molecule has 6 saturated carbocycles. The predicted octanol–water partition coefficient (Wildman–Crippen LogP) is 20.6. The van der Waals surface area contributed by atoms with Crippen LogP contribution in [0.15, 0.2) is 133 Å². The van der Waals surface area contributed by atoms with E-state index in [0.717, 1.165) is 85.1 Å². The van der Waals surface area contributed by atoms with Gasteiger partial charge in [-0.3, -0.25) is 23.7 Å².